The predicted octanol–water partition coefficient (Wildman–Crippen LogP) is 0.564. The van der Waals surface area contributed by atoms with Gasteiger partial charge in [0.15, 0.2) is 0 Å². The summed E-state index contributed by atoms with van der Waals surface area (Å²) in [7, 11) is 1.17. The van der Waals surface area contributed by atoms with Crippen LogP contribution in [0.4, 0.5) is 0 Å². The molecule has 2 unspecified atom stereocenters. The van der Waals surface area contributed by atoms with Crippen molar-refractivity contribution in [3.05, 3.63) is 28.5 Å². The van der Waals surface area contributed by atoms with Crippen LogP contribution in [-0.4, -0.2) is 34.4 Å². The number of hydrogen-bond acceptors (Lipinski definition) is 6. The van der Waals surface area contributed by atoms with Crippen LogP contribution < -0.4 is 0 Å². The summed E-state index contributed by atoms with van der Waals surface area (Å²) < 4.78 is 4.37. The van der Waals surface area contributed by atoms with E-state index < -0.39 is 18.2 Å². The van der Waals surface area contributed by atoms with Crippen molar-refractivity contribution in [1.29, 1.82) is 5.26 Å². The molecule has 1 aromatic rings. The first-order valence-electron chi connectivity index (χ1n) is 4.98. The van der Waals surface area contributed by atoms with Gasteiger partial charge in [0.25, 0.3) is 0 Å². The van der Waals surface area contributed by atoms with Crippen molar-refractivity contribution in [2.24, 2.45) is 0 Å². The van der Waals surface area contributed by atoms with E-state index in [9.17, 15) is 15.0 Å². The van der Waals surface area contributed by atoms with Crippen molar-refractivity contribution in [3.63, 3.8) is 0 Å². The lowest BCUT2D eigenvalue weighted by molar-refractivity contribution is -0.144. The minimum atomic E-state index is -1.42. The van der Waals surface area contributed by atoms with E-state index in [1.54, 1.807) is 0 Å². The minimum Gasteiger partial charge on any atom is -0.469 e. The lowest BCUT2D eigenvalue weighted by atomic mass is 10.0. The Balaban J connectivity index is 2.92. The zero-order valence-electron chi connectivity index (χ0n) is 9.50. The fraction of sp³-hybridized carbons (Fsp3) is 0.364. The molecule has 0 radical (unpaired) electrons. The van der Waals surface area contributed by atoms with Crippen molar-refractivity contribution >= 4 is 17.6 Å². The number of methoxy groups -OCH3 is 1. The summed E-state index contributed by atoms with van der Waals surface area (Å²) in [6.07, 6.45) is -1.95. The Morgan fingerprint density at radius 1 is 1.67 bits per heavy atom. The highest BCUT2D eigenvalue weighted by molar-refractivity contribution is 6.30. The Morgan fingerprint density at radius 2 is 2.33 bits per heavy atom. The van der Waals surface area contributed by atoms with E-state index in [2.05, 4.69) is 9.72 Å². The van der Waals surface area contributed by atoms with E-state index in [4.69, 9.17) is 16.9 Å². The van der Waals surface area contributed by atoms with Gasteiger partial charge in [-0.05, 0) is 6.07 Å². The molecule has 6 nitrogen and oxygen atoms in total. The number of aliphatic hydroxyl groups excluding tert-OH is 2. The van der Waals surface area contributed by atoms with Crippen LogP contribution in [0.5, 0.6) is 0 Å². The van der Waals surface area contributed by atoms with Crippen LogP contribution in [0, 0.1) is 11.3 Å². The molecule has 0 bridgehead atoms. The van der Waals surface area contributed by atoms with Gasteiger partial charge in [-0.1, -0.05) is 11.6 Å². The maximum atomic E-state index is 11.0. The second kappa shape index (κ2) is 6.31. The third-order valence-electron chi connectivity index (χ3n) is 2.28. The average molecular weight is 271 g/mol. The summed E-state index contributed by atoms with van der Waals surface area (Å²) in [5.74, 6) is -0.665. The number of hydrogen-bond donors (Lipinski definition) is 2. The number of pyridine rings is 1. The zero-order valence-corrected chi connectivity index (χ0v) is 10.3. The molecule has 1 aromatic heterocycles. The monoisotopic (exact) mass is 270 g/mol. The van der Waals surface area contributed by atoms with E-state index in [0.717, 1.165) is 0 Å². The number of rotatable bonds is 4. The maximum absolute atomic E-state index is 11.0. The normalized spacial score (nSPS) is 13.5. The van der Waals surface area contributed by atoms with Crippen LogP contribution in [-0.2, 0) is 9.53 Å². The van der Waals surface area contributed by atoms with Gasteiger partial charge in [-0.3, -0.25) is 4.79 Å². The van der Waals surface area contributed by atoms with E-state index in [1.807, 2.05) is 6.07 Å². The molecule has 0 aromatic carbocycles. The molecule has 7 heteroatoms. The number of carbonyl (C=O) groups excluding carboxylic acids is 1. The zero-order chi connectivity index (χ0) is 13.7. The third kappa shape index (κ3) is 3.40. The van der Waals surface area contributed by atoms with Crippen molar-refractivity contribution < 1.29 is 19.7 Å². The van der Waals surface area contributed by atoms with E-state index in [0.29, 0.717) is 0 Å². The van der Waals surface area contributed by atoms with Crippen LogP contribution in [0.25, 0.3) is 0 Å². The molecule has 2 N–H and O–H groups in total. The van der Waals surface area contributed by atoms with Crippen molar-refractivity contribution in [2.75, 3.05) is 7.11 Å². The lowest BCUT2D eigenvalue weighted by Crippen LogP contribution is -2.23. The second-order valence-corrected chi connectivity index (χ2v) is 3.87. The highest BCUT2D eigenvalue weighted by Crippen LogP contribution is 2.25. The third-order valence-corrected chi connectivity index (χ3v) is 2.60. The molecular formula is C11H11ClN2O4. The smallest absolute Gasteiger partial charge is 0.308 e. The quantitative estimate of drug-likeness (QED) is 0.612. The highest BCUT2D eigenvalue weighted by Gasteiger charge is 2.24. The molecule has 1 heterocycles. The van der Waals surface area contributed by atoms with Gasteiger partial charge in [0.1, 0.15) is 17.3 Å². The Bertz CT molecular complexity index is 486. The van der Waals surface area contributed by atoms with Gasteiger partial charge >= 0.3 is 5.97 Å². The maximum Gasteiger partial charge on any atom is 0.308 e. The molecule has 2 atom stereocenters. The number of aromatic nitrogens is 1. The molecule has 1 rings (SSSR count). The number of nitrogens with zero attached hydrogens (tertiary/aromatic N) is 2. The summed E-state index contributed by atoms with van der Waals surface area (Å²) in [5, 5.41) is 28.2. The second-order valence-electron chi connectivity index (χ2n) is 3.51. The predicted molar refractivity (Wildman–Crippen MR) is 61.6 cm³/mol. The Hall–Kier alpha value is -1.68. The van der Waals surface area contributed by atoms with Gasteiger partial charge in [0.05, 0.1) is 25.2 Å². The fourth-order valence-electron chi connectivity index (χ4n) is 1.31. The lowest BCUT2D eigenvalue weighted by Gasteiger charge is -2.17. The number of aliphatic hydroxyl groups is 2. The van der Waals surface area contributed by atoms with Crippen LogP contribution in [0.2, 0.25) is 5.15 Å². The van der Waals surface area contributed by atoms with Gasteiger partial charge in [0.2, 0.25) is 0 Å². The minimum absolute atomic E-state index is 0.0367. The average Bonchev–Trinajstić information content (AvgIpc) is 2.38. The topological polar surface area (TPSA) is 103 Å². The first-order chi connectivity index (χ1) is 8.49. The van der Waals surface area contributed by atoms with Gasteiger partial charge in [-0.2, -0.15) is 5.26 Å². The summed E-state index contributed by atoms with van der Waals surface area (Å²) in [6.45, 7) is 0. The summed E-state index contributed by atoms with van der Waals surface area (Å²) in [6, 6.07) is 3.14. The number of carbonyl (C=O) groups is 1. The summed E-state index contributed by atoms with van der Waals surface area (Å²) >= 11 is 5.75. The number of halogens is 1. The standard InChI is InChI=1S/C11H11ClN2O4/c1-18-9(16)3-8(15)10(17)7-2-6(4-13)5-14-11(7)12/h2,5,8,10,15,17H,3H2,1H3. The number of ether oxygens (including phenoxy) is 1. The molecule has 18 heavy (non-hydrogen) atoms. The molecule has 0 fully saturated rings. The van der Waals surface area contributed by atoms with Crippen molar-refractivity contribution in [2.45, 2.75) is 18.6 Å². The summed E-state index contributed by atoms with van der Waals surface area (Å²) in [4.78, 5) is 14.7. The van der Waals surface area contributed by atoms with Crippen LogP contribution in [0.3, 0.4) is 0 Å². The van der Waals surface area contributed by atoms with Gasteiger partial charge in [-0.25, -0.2) is 4.98 Å². The highest BCUT2D eigenvalue weighted by atomic mass is 35.5. The molecule has 0 saturated heterocycles. The SMILES string of the molecule is COC(=O)CC(O)C(O)c1cc(C#N)cnc1Cl. The Morgan fingerprint density at radius 3 is 2.89 bits per heavy atom. The number of esters is 1. The Labute approximate surface area is 108 Å². The van der Waals surface area contributed by atoms with Crippen molar-refractivity contribution in [3.8, 4) is 6.07 Å². The first kappa shape index (κ1) is 14.4. The molecule has 0 aliphatic carbocycles. The molecule has 0 spiro atoms. The molecular weight excluding hydrogens is 260 g/mol. The van der Waals surface area contributed by atoms with Gasteiger partial charge in [-0.15, -0.1) is 0 Å². The molecule has 0 aliphatic heterocycles. The molecule has 0 aliphatic rings. The van der Waals surface area contributed by atoms with E-state index in [1.165, 1.54) is 19.4 Å². The first-order valence-corrected chi connectivity index (χ1v) is 5.36. The number of nitriles is 1. The van der Waals surface area contributed by atoms with Crippen LogP contribution >= 0.6 is 11.6 Å². The van der Waals surface area contributed by atoms with Gasteiger partial charge in [0, 0.05) is 11.8 Å². The van der Waals surface area contributed by atoms with Crippen LogP contribution in [0.15, 0.2) is 12.3 Å². The van der Waals surface area contributed by atoms with Crippen molar-refractivity contribution in [1.82, 2.24) is 4.98 Å². The van der Waals surface area contributed by atoms with E-state index >= 15 is 0 Å². The fourth-order valence-corrected chi connectivity index (χ4v) is 1.52. The van der Waals surface area contributed by atoms with Gasteiger partial charge < -0.3 is 14.9 Å². The molecule has 96 valence electrons. The molecule has 0 saturated carbocycles. The summed E-state index contributed by atoms with van der Waals surface area (Å²) in [5.41, 5.74) is 0.283. The Kier molecular flexibility index (Phi) is 5.04. The van der Waals surface area contributed by atoms with E-state index in [-0.39, 0.29) is 22.7 Å². The molecule has 0 amide bonds. The largest absolute Gasteiger partial charge is 0.469 e. The van der Waals surface area contributed by atoms with Crippen LogP contribution in [0.1, 0.15) is 23.7 Å².